The Balaban J connectivity index is 1.59. The minimum atomic E-state index is -0.0441. The van der Waals surface area contributed by atoms with Crippen molar-refractivity contribution in [2.45, 2.75) is 18.9 Å². The summed E-state index contributed by atoms with van der Waals surface area (Å²) < 4.78 is 0. The van der Waals surface area contributed by atoms with Gasteiger partial charge in [0.05, 0.1) is 12.6 Å². The Morgan fingerprint density at radius 1 is 1.25 bits per heavy atom. The van der Waals surface area contributed by atoms with Crippen LogP contribution in [-0.4, -0.2) is 45.1 Å². The highest BCUT2D eigenvalue weighted by atomic mass is 16.3. The molecule has 1 fully saturated rings. The van der Waals surface area contributed by atoms with E-state index in [0.29, 0.717) is 5.56 Å². The monoisotopic (exact) mass is 321 g/mol. The highest BCUT2D eigenvalue weighted by molar-refractivity contribution is 5.95. The Morgan fingerprint density at radius 3 is 2.88 bits per heavy atom. The second-order valence-electron chi connectivity index (χ2n) is 6.19. The predicted octanol–water partition coefficient (Wildman–Crippen LogP) is 2.83. The lowest BCUT2D eigenvalue weighted by Gasteiger charge is -2.23. The number of fused-ring (bicyclic) bond motifs is 1. The highest BCUT2D eigenvalue weighted by Gasteiger charge is 2.28. The molecule has 3 aromatic rings. The number of rotatable bonds is 3. The standard InChI is InChI=1S/C19H19N3O2/c23-12-17-2-1-9-22(17)19(24)14-5-3-13(4-6-14)16-10-15-7-8-20-18(15)21-11-16/h3-8,10-11,17,23H,1-2,9,12H2,(H,20,21)/t17-/m0/s1. The van der Waals surface area contributed by atoms with E-state index in [1.807, 2.05) is 42.7 Å². The van der Waals surface area contributed by atoms with Crippen molar-refractivity contribution in [2.75, 3.05) is 13.2 Å². The molecule has 5 heteroatoms. The molecule has 1 amide bonds. The van der Waals surface area contributed by atoms with Crippen LogP contribution in [0.4, 0.5) is 0 Å². The SMILES string of the molecule is O=C(c1ccc(-c2cnc3[nH]ccc3c2)cc1)N1CCC[C@H]1CO. The van der Waals surface area contributed by atoms with E-state index in [9.17, 15) is 9.90 Å². The van der Waals surface area contributed by atoms with Gasteiger partial charge in [-0.05, 0) is 42.7 Å². The molecular formula is C19H19N3O2. The van der Waals surface area contributed by atoms with Crippen LogP contribution in [0.5, 0.6) is 0 Å². The maximum Gasteiger partial charge on any atom is 0.254 e. The van der Waals surface area contributed by atoms with E-state index in [1.54, 1.807) is 4.90 Å². The van der Waals surface area contributed by atoms with E-state index in [-0.39, 0.29) is 18.6 Å². The van der Waals surface area contributed by atoms with Gasteiger partial charge in [0.1, 0.15) is 5.65 Å². The summed E-state index contributed by atoms with van der Waals surface area (Å²) in [5.74, 6) is -0.00249. The fourth-order valence-corrected chi connectivity index (χ4v) is 3.36. The number of carbonyl (C=O) groups excluding carboxylic acids is 1. The van der Waals surface area contributed by atoms with Crippen LogP contribution in [0.15, 0.2) is 48.8 Å². The third-order valence-electron chi connectivity index (χ3n) is 4.71. The molecule has 2 aromatic heterocycles. The molecule has 3 heterocycles. The van der Waals surface area contributed by atoms with Crippen molar-refractivity contribution in [2.24, 2.45) is 0 Å². The van der Waals surface area contributed by atoms with Gasteiger partial charge in [0.25, 0.3) is 5.91 Å². The molecule has 2 N–H and O–H groups in total. The zero-order chi connectivity index (χ0) is 16.5. The van der Waals surface area contributed by atoms with Crippen LogP contribution >= 0.6 is 0 Å². The molecule has 1 atom stereocenters. The van der Waals surface area contributed by atoms with Gasteiger partial charge in [0.2, 0.25) is 0 Å². The number of pyridine rings is 1. The smallest absolute Gasteiger partial charge is 0.254 e. The summed E-state index contributed by atoms with van der Waals surface area (Å²) >= 11 is 0. The first kappa shape index (κ1) is 14.9. The van der Waals surface area contributed by atoms with Gasteiger partial charge in [-0.25, -0.2) is 4.98 Å². The Morgan fingerprint density at radius 2 is 2.08 bits per heavy atom. The molecule has 24 heavy (non-hydrogen) atoms. The van der Waals surface area contributed by atoms with Crippen molar-refractivity contribution in [3.63, 3.8) is 0 Å². The van der Waals surface area contributed by atoms with E-state index in [4.69, 9.17) is 0 Å². The van der Waals surface area contributed by atoms with Gasteiger partial charge in [-0.1, -0.05) is 12.1 Å². The summed E-state index contributed by atoms with van der Waals surface area (Å²) in [6, 6.07) is 11.6. The van der Waals surface area contributed by atoms with Crippen molar-refractivity contribution in [3.05, 3.63) is 54.4 Å². The summed E-state index contributed by atoms with van der Waals surface area (Å²) in [6.45, 7) is 0.756. The molecule has 4 rings (SSSR count). The van der Waals surface area contributed by atoms with Crippen molar-refractivity contribution in [1.29, 1.82) is 0 Å². The fraction of sp³-hybridized carbons (Fsp3) is 0.263. The Kier molecular flexibility index (Phi) is 3.78. The number of aromatic nitrogens is 2. The van der Waals surface area contributed by atoms with Gasteiger partial charge in [-0.2, -0.15) is 0 Å². The van der Waals surface area contributed by atoms with Crippen molar-refractivity contribution >= 4 is 16.9 Å². The molecule has 1 aromatic carbocycles. The summed E-state index contributed by atoms with van der Waals surface area (Å²) in [6.07, 6.45) is 5.54. The number of nitrogens with one attached hydrogen (secondary N) is 1. The largest absolute Gasteiger partial charge is 0.394 e. The molecule has 0 radical (unpaired) electrons. The first-order valence-corrected chi connectivity index (χ1v) is 8.21. The van der Waals surface area contributed by atoms with Crippen LogP contribution in [0.2, 0.25) is 0 Å². The number of H-pyrrole nitrogens is 1. The fourth-order valence-electron chi connectivity index (χ4n) is 3.36. The van der Waals surface area contributed by atoms with E-state index >= 15 is 0 Å². The topological polar surface area (TPSA) is 69.2 Å². The van der Waals surface area contributed by atoms with Crippen molar-refractivity contribution < 1.29 is 9.90 Å². The van der Waals surface area contributed by atoms with Gasteiger partial charge in [-0.3, -0.25) is 4.79 Å². The summed E-state index contributed by atoms with van der Waals surface area (Å²) in [7, 11) is 0. The van der Waals surface area contributed by atoms with Crippen LogP contribution in [-0.2, 0) is 0 Å². The Bertz CT molecular complexity index is 870. The number of hydrogen-bond donors (Lipinski definition) is 2. The average molecular weight is 321 g/mol. The van der Waals surface area contributed by atoms with Gasteiger partial charge in [0, 0.05) is 35.5 Å². The minimum absolute atomic E-state index is 0.00249. The zero-order valence-electron chi connectivity index (χ0n) is 13.3. The third-order valence-corrected chi connectivity index (χ3v) is 4.71. The molecule has 122 valence electrons. The van der Waals surface area contributed by atoms with Crippen LogP contribution in [0, 0.1) is 0 Å². The van der Waals surface area contributed by atoms with E-state index in [1.165, 1.54) is 0 Å². The number of aromatic amines is 1. The number of aliphatic hydroxyl groups is 1. The van der Waals surface area contributed by atoms with Crippen LogP contribution in [0.1, 0.15) is 23.2 Å². The average Bonchev–Trinajstić information content (AvgIpc) is 3.29. The number of amides is 1. The summed E-state index contributed by atoms with van der Waals surface area (Å²) in [5.41, 5.74) is 3.59. The zero-order valence-corrected chi connectivity index (χ0v) is 13.3. The molecule has 0 aliphatic carbocycles. The number of aliphatic hydroxyl groups excluding tert-OH is 1. The second-order valence-corrected chi connectivity index (χ2v) is 6.19. The van der Waals surface area contributed by atoms with Crippen LogP contribution in [0.25, 0.3) is 22.2 Å². The van der Waals surface area contributed by atoms with E-state index in [2.05, 4.69) is 16.0 Å². The third kappa shape index (κ3) is 2.57. The van der Waals surface area contributed by atoms with Crippen molar-refractivity contribution in [3.8, 4) is 11.1 Å². The first-order valence-electron chi connectivity index (χ1n) is 8.21. The molecule has 0 bridgehead atoms. The quantitative estimate of drug-likeness (QED) is 0.779. The first-order chi connectivity index (χ1) is 11.8. The predicted molar refractivity (Wildman–Crippen MR) is 92.7 cm³/mol. The molecule has 1 aliphatic rings. The molecule has 5 nitrogen and oxygen atoms in total. The number of hydrogen-bond acceptors (Lipinski definition) is 3. The molecule has 1 saturated heterocycles. The maximum absolute atomic E-state index is 12.6. The van der Waals surface area contributed by atoms with E-state index < -0.39 is 0 Å². The number of likely N-dealkylation sites (tertiary alicyclic amines) is 1. The normalized spacial score (nSPS) is 17.5. The summed E-state index contributed by atoms with van der Waals surface area (Å²) in [4.78, 5) is 21.9. The van der Waals surface area contributed by atoms with Crippen LogP contribution in [0.3, 0.4) is 0 Å². The van der Waals surface area contributed by atoms with Gasteiger partial charge < -0.3 is 15.0 Å². The maximum atomic E-state index is 12.6. The lowest BCUT2D eigenvalue weighted by atomic mass is 10.0. The summed E-state index contributed by atoms with van der Waals surface area (Å²) in [5, 5.41) is 10.5. The van der Waals surface area contributed by atoms with Gasteiger partial charge >= 0.3 is 0 Å². The Hall–Kier alpha value is -2.66. The lowest BCUT2D eigenvalue weighted by Crippen LogP contribution is -2.37. The van der Waals surface area contributed by atoms with E-state index in [0.717, 1.165) is 41.5 Å². The molecule has 0 unspecified atom stereocenters. The minimum Gasteiger partial charge on any atom is -0.394 e. The van der Waals surface area contributed by atoms with Crippen molar-refractivity contribution in [1.82, 2.24) is 14.9 Å². The van der Waals surface area contributed by atoms with Gasteiger partial charge in [0.15, 0.2) is 0 Å². The highest BCUT2D eigenvalue weighted by Crippen LogP contribution is 2.24. The van der Waals surface area contributed by atoms with Crippen LogP contribution < -0.4 is 0 Å². The lowest BCUT2D eigenvalue weighted by molar-refractivity contribution is 0.0677. The number of carbonyl (C=O) groups is 1. The second kappa shape index (κ2) is 6.09. The number of nitrogens with zero attached hydrogens (tertiary/aromatic N) is 2. The molecular weight excluding hydrogens is 302 g/mol. The number of benzene rings is 1. The molecule has 0 spiro atoms. The molecule has 1 aliphatic heterocycles. The Labute approximate surface area is 139 Å². The van der Waals surface area contributed by atoms with Gasteiger partial charge in [-0.15, -0.1) is 0 Å². The molecule has 0 saturated carbocycles.